The average Bonchev–Trinajstić information content (AvgIpc) is 3.56. The zero-order valence-corrected chi connectivity index (χ0v) is 20.5. The van der Waals surface area contributed by atoms with Crippen LogP contribution in [-0.4, -0.2) is 57.5 Å². The molecule has 1 aliphatic rings. The molecule has 1 aromatic carbocycles. The van der Waals surface area contributed by atoms with Crippen molar-refractivity contribution in [3.05, 3.63) is 69.0 Å². The fraction of sp³-hybridized carbons (Fsp3) is 0.217. The van der Waals surface area contributed by atoms with Crippen LogP contribution in [0.2, 0.25) is 0 Å². The molecule has 1 amide bonds. The Morgan fingerprint density at radius 1 is 1.06 bits per heavy atom. The van der Waals surface area contributed by atoms with Crippen LogP contribution < -0.4 is 5.32 Å². The van der Waals surface area contributed by atoms with E-state index in [1.165, 1.54) is 39.1 Å². The first-order valence-electron chi connectivity index (χ1n) is 10.4. The van der Waals surface area contributed by atoms with Crippen LogP contribution in [0, 0.1) is 0 Å². The molecule has 0 saturated carbocycles. The van der Waals surface area contributed by atoms with Gasteiger partial charge in [-0.05, 0) is 47.2 Å². The van der Waals surface area contributed by atoms with Crippen molar-refractivity contribution >= 4 is 61.9 Å². The number of hydrogen-bond acceptors (Lipinski definition) is 8. The fourth-order valence-corrected chi connectivity index (χ4v) is 6.10. The van der Waals surface area contributed by atoms with E-state index in [0.717, 1.165) is 9.75 Å². The van der Waals surface area contributed by atoms with Crippen LogP contribution in [0.1, 0.15) is 9.75 Å². The molecule has 1 fully saturated rings. The summed E-state index contributed by atoms with van der Waals surface area (Å²) in [4.78, 5) is 26.9. The zero-order valence-electron chi connectivity index (χ0n) is 18.0. The van der Waals surface area contributed by atoms with Crippen molar-refractivity contribution in [3.63, 3.8) is 0 Å². The quantitative estimate of drug-likeness (QED) is 0.362. The van der Waals surface area contributed by atoms with Crippen LogP contribution in [0.25, 0.3) is 11.6 Å². The van der Waals surface area contributed by atoms with Crippen LogP contribution in [-0.2, 0) is 29.1 Å². The van der Waals surface area contributed by atoms with Gasteiger partial charge in [0.25, 0.3) is 5.91 Å². The van der Waals surface area contributed by atoms with E-state index in [1.807, 2.05) is 35.0 Å². The van der Waals surface area contributed by atoms with Gasteiger partial charge in [-0.3, -0.25) is 4.79 Å². The van der Waals surface area contributed by atoms with Gasteiger partial charge < -0.3 is 14.8 Å². The Kier molecular flexibility index (Phi) is 7.91. The van der Waals surface area contributed by atoms with Gasteiger partial charge in [0.1, 0.15) is 0 Å². The number of thiophene rings is 2. The Bertz CT molecular complexity index is 1260. The molecule has 4 rings (SSSR count). The molecule has 3 heterocycles. The van der Waals surface area contributed by atoms with Gasteiger partial charge in [-0.15, -0.1) is 22.7 Å². The lowest BCUT2D eigenvalue weighted by molar-refractivity contribution is -0.141. The number of amides is 1. The number of nitrogens with zero attached hydrogens (tertiary/aromatic N) is 1. The van der Waals surface area contributed by atoms with Crippen LogP contribution in [0.4, 0.5) is 5.69 Å². The average molecular weight is 519 g/mol. The van der Waals surface area contributed by atoms with Gasteiger partial charge in [0, 0.05) is 28.5 Å². The van der Waals surface area contributed by atoms with E-state index in [4.69, 9.17) is 9.47 Å². The summed E-state index contributed by atoms with van der Waals surface area (Å²) in [7, 11) is -3.70. The molecule has 8 nitrogen and oxygen atoms in total. The van der Waals surface area contributed by atoms with Crippen molar-refractivity contribution < 1.29 is 27.5 Å². The van der Waals surface area contributed by atoms with Crippen LogP contribution in [0.15, 0.2) is 64.2 Å². The van der Waals surface area contributed by atoms with Crippen molar-refractivity contribution in [2.24, 2.45) is 0 Å². The minimum absolute atomic E-state index is 0.0723. The molecule has 0 unspecified atom stereocenters. The predicted octanol–water partition coefficient (Wildman–Crippen LogP) is 3.55. The maximum atomic E-state index is 12.8. The van der Waals surface area contributed by atoms with Gasteiger partial charge in [0.15, 0.2) is 6.61 Å². The zero-order chi connectivity index (χ0) is 24.0. The molecule has 11 heteroatoms. The van der Waals surface area contributed by atoms with E-state index in [0.29, 0.717) is 24.5 Å². The molecule has 0 spiro atoms. The molecular weight excluding hydrogens is 496 g/mol. The standard InChI is InChI=1S/C23H22N2O6S3/c26-22(16-31-23(27)20(21-7-3-13-33-21)15-18-5-2-12-32-18)24-17-4-1-6-19(14-17)34(28,29)25-8-10-30-11-9-25/h1-7,12-15H,8-11,16H2,(H,24,26). The minimum atomic E-state index is -3.70. The third kappa shape index (κ3) is 5.99. The monoisotopic (exact) mass is 518 g/mol. The van der Waals surface area contributed by atoms with Gasteiger partial charge >= 0.3 is 5.97 Å². The third-order valence-corrected chi connectivity index (χ3v) is 8.51. The molecule has 178 valence electrons. The summed E-state index contributed by atoms with van der Waals surface area (Å²) in [6.07, 6.45) is 1.73. The molecular formula is C23H22N2O6S3. The summed E-state index contributed by atoms with van der Waals surface area (Å²) in [6, 6.07) is 13.4. The first-order valence-corrected chi connectivity index (χ1v) is 13.6. The van der Waals surface area contributed by atoms with Crippen molar-refractivity contribution in [1.29, 1.82) is 0 Å². The number of carbonyl (C=O) groups excluding carboxylic acids is 2. The lowest BCUT2D eigenvalue weighted by Gasteiger charge is -2.26. The van der Waals surface area contributed by atoms with Gasteiger partial charge in [-0.25, -0.2) is 13.2 Å². The predicted molar refractivity (Wildman–Crippen MR) is 132 cm³/mol. The number of sulfonamides is 1. The molecule has 3 aromatic rings. The van der Waals surface area contributed by atoms with Gasteiger partial charge in [-0.1, -0.05) is 18.2 Å². The highest BCUT2D eigenvalue weighted by atomic mass is 32.2. The van der Waals surface area contributed by atoms with E-state index in [2.05, 4.69) is 5.32 Å². The first kappa shape index (κ1) is 24.3. The molecule has 1 saturated heterocycles. The molecule has 0 atom stereocenters. The van der Waals surface area contributed by atoms with Crippen LogP contribution in [0.3, 0.4) is 0 Å². The number of ether oxygens (including phenoxy) is 2. The number of nitrogens with one attached hydrogen (secondary N) is 1. The maximum Gasteiger partial charge on any atom is 0.340 e. The largest absolute Gasteiger partial charge is 0.452 e. The molecule has 1 aliphatic heterocycles. The molecule has 0 bridgehead atoms. The van der Waals surface area contributed by atoms with E-state index in [-0.39, 0.29) is 18.0 Å². The van der Waals surface area contributed by atoms with Gasteiger partial charge in [0.05, 0.1) is 23.7 Å². The maximum absolute atomic E-state index is 12.8. The van der Waals surface area contributed by atoms with E-state index >= 15 is 0 Å². The summed E-state index contributed by atoms with van der Waals surface area (Å²) in [5.41, 5.74) is 0.659. The molecule has 0 radical (unpaired) electrons. The number of anilines is 1. The van der Waals surface area contributed by atoms with E-state index in [1.54, 1.807) is 18.2 Å². The minimum Gasteiger partial charge on any atom is -0.452 e. The summed E-state index contributed by atoms with van der Waals surface area (Å²) >= 11 is 2.89. The van der Waals surface area contributed by atoms with Crippen LogP contribution in [0.5, 0.6) is 0 Å². The van der Waals surface area contributed by atoms with Crippen LogP contribution >= 0.6 is 22.7 Å². The Labute approximate surface area is 205 Å². The third-order valence-electron chi connectivity index (χ3n) is 4.90. The Morgan fingerprint density at radius 3 is 2.53 bits per heavy atom. The number of esters is 1. The summed E-state index contributed by atoms with van der Waals surface area (Å²) in [5, 5.41) is 6.36. The van der Waals surface area contributed by atoms with Gasteiger partial charge in [-0.2, -0.15) is 4.31 Å². The Hall–Kier alpha value is -2.83. The lowest BCUT2D eigenvalue weighted by atomic mass is 10.2. The number of morpholine rings is 1. The van der Waals surface area contributed by atoms with E-state index < -0.39 is 28.5 Å². The second kappa shape index (κ2) is 11.1. The second-order valence-electron chi connectivity index (χ2n) is 7.22. The van der Waals surface area contributed by atoms with Crippen molar-refractivity contribution in [2.75, 3.05) is 38.2 Å². The normalized spacial score (nSPS) is 15.1. The second-order valence-corrected chi connectivity index (χ2v) is 11.1. The van der Waals surface area contributed by atoms with Crippen molar-refractivity contribution in [3.8, 4) is 0 Å². The smallest absolute Gasteiger partial charge is 0.340 e. The van der Waals surface area contributed by atoms with Gasteiger partial charge in [0.2, 0.25) is 10.0 Å². The molecule has 1 N–H and O–H groups in total. The SMILES string of the molecule is O=C(COC(=O)C(=Cc1cccs1)c1cccs1)Nc1cccc(S(=O)(=O)N2CCOCC2)c1. The lowest BCUT2D eigenvalue weighted by Crippen LogP contribution is -2.40. The Balaban J connectivity index is 1.40. The topological polar surface area (TPSA) is 102 Å². The highest BCUT2D eigenvalue weighted by molar-refractivity contribution is 7.89. The first-order chi connectivity index (χ1) is 16.4. The summed E-state index contributed by atoms with van der Waals surface area (Å²) < 4.78 is 37.5. The molecule has 34 heavy (non-hydrogen) atoms. The number of benzene rings is 1. The summed E-state index contributed by atoms with van der Waals surface area (Å²) in [5.74, 6) is -1.19. The van der Waals surface area contributed by atoms with Crippen molar-refractivity contribution in [1.82, 2.24) is 4.31 Å². The number of carbonyl (C=O) groups is 2. The number of hydrogen-bond donors (Lipinski definition) is 1. The fourth-order valence-electron chi connectivity index (χ4n) is 3.25. The van der Waals surface area contributed by atoms with E-state index in [9.17, 15) is 18.0 Å². The summed E-state index contributed by atoms with van der Waals surface area (Å²) in [6.45, 7) is 0.734. The Morgan fingerprint density at radius 2 is 1.82 bits per heavy atom. The molecule has 0 aliphatic carbocycles. The number of rotatable bonds is 8. The highest BCUT2D eigenvalue weighted by Gasteiger charge is 2.26. The highest BCUT2D eigenvalue weighted by Crippen LogP contribution is 2.26. The molecule has 2 aromatic heterocycles. The van der Waals surface area contributed by atoms with Crippen molar-refractivity contribution in [2.45, 2.75) is 4.90 Å².